The van der Waals surface area contributed by atoms with E-state index in [1.165, 1.54) is 0 Å². The third-order valence-electron chi connectivity index (χ3n) is 2.08. The van der Waals surface area contributed by atoms with Crippen molar-refractivity contribution in [3.8, 4) is 5.75 Å². The Balaban J connectivity index is 2.46. The van der Waals surface area contributed by atoms with E-state index in [1.807, 2.05) is 18.2 Å². The molecule has 0 aromatic heterocycles. The van der Waals surface area contributed by atoms with Crippen LogP contribution in [0.2, 0.25) is 0 Å². The Morgan fingerprint density at radius 2 is 2.25 bits per heavy atom. The van der Waals surface area contributed by atoms with Gasteiger partial charge in [0.2, 0.25) is 0 Å². The molecule has 0 aliphatic rings. The van der Waals surface area contributed by atoms with E-state index in [1.54, 1.807) is 18.9 Å². The van der Waals surface area contributed by atoms with E-state index < -0.39 is 6.10 Å². The predicted molar refractivity (Wildman–Crippen MR) is 66.7 cm³/mol. The second kappa shape index (κ2) is 6.62. The smallest absolute Gasteiger partial charge is 0.141 e. The summed E-state index contributed by atoms with van der Waals surface area (Å²) in [5.41, 5.74) is 7.46. The molecule has 5 heteroatoms. The Kier molecular flexibility index (Phi) is 5.45. The molecule has 1 atom stereocenters. The number of rotatable bonds is 6. The molecular formula is C11H17NO3S. The topological polar surface area (TPSA) is 75.7 Å². The third kappa shape index (κ3) is 3.92. The maximum absolute atomic E-state index is 9.16. The van der Waals surface area contributed by atoms with Crippen LogP contribution >= 0.6 is 11.8 Å². The van der Waals surface area contributed by atoms with E-state index in [0.29, 0.717) is 17.2 Å². The zero-order valence-corrected chi connectivity index (χ0v) is 10.0. The zero-order valence-electron chi connectivity index (χ0n) is 9.22. The quantitative estimate of drug-likeness (QED) is 0.646. The average molecular weight is 243 g/mol. The second-order valence-corrected chi connectivity index (χ2v) is 4.46. The summed E-state index contributed by atoms with van der Waals surface area (Å²) in [5, 5.41) is 17.8. The maximum Gasteiger partial charge on any atom is 0.141 e. The summed E-state index contributed by atoms with van der Waals surface area (Å²) in [6.45, 7) is -0.197. The number of methoxy groups -OCH3 is 1. The molecule has 16 heavy (non-hydrogen) atoms. The third-order valence-corrected chi connectivity index (χ3v) is 3.24. The van der Waals surface area contributed by atoms with Gasteiger partial charge in [0, 0.05) is 11.5 Å². The number of aliphatic hydroxyl groups is 2. The van der Waals surface area contributed by atoms with Gasteiger partial charge in [-0.25, -0.2) is 0 Å². The van der Waals surface area contributed by atoms with Crippen molar-refractivity contribution < 1.29 is 14.9 Å². The number of nitrogen functional groups attached to an aromatic ring is 1. The van der Waals surface area contributed by atoms with E-state index in [2.05, 4.69) is 0 Å². The van der Waals surface area contributed by atoms with Crippen LogP contribution in [0.3, 0.4) is 0 Å². The minimum absolute atomic E-state index is 0.197. The van der Waals surface area contributed by atoms with Crippen LogP contribution in [0.1, 0.15) is 5.56 Å². The van der Waals surface area contributed by atoms with Crippen molar-refractivity contribution in [2.45, 2.75) is 11.9 Å². The van der Waals surface area contributed by atoms with Gasteiger partial charge in [0.05, 0.1) is 25.5 Å². The molecule has 1 unspecified atom stereocenters. The molecule has 0 aliphatic carbocycles. The lowest BCUT2D eigenvalue weighted by Crippen LogP contribution is -2.14. The lowest BCUT2D eigenvalue weighted by molar-refractivity contribution is 0.113. The van der Waals surface area contributed by atoms with Crippen LogP contribution in [-0.4, -0.2) is 35.8 Å². The molecule has 0 saturated heterocycles. The van der Waals surface area contributed by atoms with E-state index in [4.69, 9.17) is 20.7 Å². The number of hydrogen-bond donors (Lipinski definition) is 3. The molecule has 0 radical (unpaired) electrons. The molecule has 0 fully saturated rings. The molecular weight excluding hydrogens is 226 g/mol. The van der Waals surface area contributed by atoms with Gasteiger partial charge in [-0.05, 0) is 17.7 Å². The number of benzene rings is 1. The van der Waals surface area contributed by atoms with Crippen molar-refractivity contribution in [2.75, 3.05) is 25.2 Å². The monoisotopic (exact) mass is 243 g/mol. The molecule has 4 N–H and O–H groups in total. The van der Waals surface area contributed by atoms with Gasteiger partial charge in [-0.1, -0.05) is 6.07 Å². The Bertz CT molecular complexity index is 333. The van der Waals surface area contributed by atoms with Gasteiger partial charge in [-0.15, -0.1) is 0 Å². The van der Waals surface area contributed by atoms with Crippen molar-refractivity contribution in [2.24, 2.45) is 0 Å². The van der Waals surface area contributed by atoms with E-state index in [0.717, 1.165) is 11.3 Å². The van der Waals surface area contributed by atoms with Gasteiger partial charge in [-0.2, -0.15) is 11.8 Å². The molecule has 0 heterocycles. The molecule has 90 valence electrons. The second-order valence-electron chi connectivity index (χ2n) is 3.43. The van der Waals surface area contributed by atoms with Crippen molar-refractivity contribution >= 4 is 17.4 Å². The van der Waals surface area contributed by atoms with Crippen LogP contribution in [0.4, 0.5) is 5.69 Å². The standard InChI is InChI=1S/C11H17NO3S/c1-15-11-3-2-8(4-10(11)12)6-16-7-9(14)5-13/h2-4,9,13-14H,5-7,12H2,1H3. The van der Waals surface area contributed by atoms with E-state index in [-0.39, 0.29) is 6.61 Å². The van der Waals surface area contributed by atoms with Crippen LogP contribution in [0.25, 0.3) is 0 Å². The largest absolute Gasteiger partial charge is 0.495 e. The first kappa shape index (κ1) is 13.2. The highest BCUT2D eigenvalue weighted by molar-refractivity contribution is 7.98. The first-order valence-electron chi connectivity index (χ1n) is 4.96. The van der Waals surface area contributed by atoms with Gasteiger partial charge in [0.1, 0.15) is 5.75 Å². The van der Waals surface area contributed by atoms with Crippen LogP contribution in [0, 0.1) is 0 Å². The molecule has 1 rings (SSSR count). The van der Waals surface area contributed by atoms with Gasteiger partial charge in [0.15, 0.2) is 0 Å². The van der Waals surface area contributed by atoms with E-state index in [9.17, 15) is 0 Å². The summed E-state index contributed by atoms with van der Waals surface area (Å²) in [6, 6.07) is 5.62. The Hall–Kier alpha value is -0.910. The normalized spacial score (nSPS) is 12.4. The number of nitrogens with two attached hydrogens (primary N) is 1. The Morgan fingerprint density at radius 3 is 2.81 bits per heavy atom. The maximum atomic E-state index is 9.16. The summed E-state index contributed by atoms with van der Waals surface area (Å²) in [4.78, 5) is 0. The highest BCUT2D eigenvalue weighted by atomic mass is 32.2. The Labute approximate surface area is 99.4 Å². The van der Waals surface area contributed by atoms with E-state index >= 15 is 0 Å². The van der Waals surface area contributed by atoms with Gasteiger partial charge >= 0.3 is 0 Å². The van der Waals surface area contributed by atoms with Crippen LogP contribution in [0.15, 0.2) is 18.2 Å². The first-order valence-corrected chi connectivity index (χ1v) is 6.12. The molecule has 4 nitrogen and oxygen atoms in total. The molecule has 1 aromatic carbocycles. The minimum Gasteiger partial charge on any atom is -0.495 e. The number of thioether (sulfide) groups is 1. The molecule has 0 aliphatic heterocycles. The summed E-state index contributed by atoms with van der Waals surface area (Å²) >= 11 is 1.55. The van der Waals surface area contributed by atoms with Gasteiger partial charge < -0.3 is 20.7 Å². The molecule has 1 aromatic rings. The molecule has 0 bridgehead atoms. The van der Waals surface area contributed by atoms with Crippen molar-refractivity contribution in [3.05, 3.63) is 23.8 Å². The Morgan fingerprint density at radius 1 is 1.50 bits per heavy atom. The average Bonchev–Trinajstić information content (AvgIpc) is 2.29. The fourth-order valence-corrected chi connectivity index (χ4v) is 2.15. The highest BCUT2D eigenvalue weighted by Gasteiger charge is 2.04. The SMILES string of the molecule is COc1ccc(CSCC(O)CO)cc1N. The summed E-state index contributed by atoms with van der Waals surface area (Å²) in [6.07, 6.45) is -0.652. The molecule has 0 amide bonds. The fourth-order valence-electron chi connectivity index (χ4n) is 1.24. The van der Waals surface area contributed by atoms with Gasteiger partial charge in [-0.3, -0.25) is 0 Å². The number of ether oxygens (including phenoxy) is 1. The zero-order chi connectivity index (χ0) is 12.0. The summed E-state index contributed by atoms with van der Waals surface area (Å²) < 4.78 is 5.06. The number of aliphatic hydroxyl groups excluding tert-OH is 2. The summed E-state index contributed by atoms with van der Waals surface area (Å²) in [5.74, 6) is 1.94. The van der Waals surface area contributed by atoms with Crippen molar-refractivity contribution in [1.29, 1.82) is 0 Å². The predicted octanol–water partition coefficient (Wildman–Crippen LogP) is 0.864. The lowest BCUT2D eigenvalue weighted by Gasteiger charge is -2.08. The minimum atomic E-state index is -0.652. The summed E-state index contributed by atoms with van der Waals surface area (Å²) in [7, 11) is 1.58. The van der Waals surface area contributed by atoms with Crippen LogP contribution in [-0.2, 0) is 5.75 Å². The lowest BCUT2D eigenvalue weighted by atomic mass is 10.2. The van der Waals surface area contributed by atoms with Crippen LogP contribution < -0.4 is 10.5 Å². The van der Waals surface area contributed by atoms with Crippen molar-refractivity contribution in [1.82, 2.24) is 0 Å². The highest BCUT2D eigenvalue weighted by Crippen LogP contribution is 2.24. The number of hydrogen-bond acceptors (Lipinski definition) is 5. The van der Waals surface area contributed by atoms with Crippen LogP contribution in [0.5, 0.6) is 5.75 Å². The molecule has 0 saturated carbocycles. The fraction of sp³-hybridized carbons (Fsp3) is 0.455. The first-order chi connectivity index (χ1) is 7.67. The van der Waals surface area contributed by atoms with Gasteiger partial charge in [0.25, 0.3) is 0 Å². The van der Waals surface area contributed by atoms with Crippen molar-refractivity contribution in [3.63, 3.8) is 0 Å². The number of anilines is 1. The molecule has 0 spiro atoms.